The lowest BCUT2D eigenvalue weighted by atomic mass is 10.1. The van der Waals surface area contributed by atoms with Gasteiger partial charge in [0.25, 0.3) is 0 Å². The molecular formula is C18H15FN2O. The normalized spacial score (nSPS) is 13.6. The molecule has 0 saturated heterocycles. The van der Waals surface area contributed by atoms with Gasteiger partial charge in [-0.15, -0.1) is 0 Å². The summed E-state index contributed by atoms with van der Waals surface area (Å²) in [5.74, 6) is -0.198. The number of H-pyrrole nitrogens is 1. The van der Waals surface area contributed by atoms with Gasteiger partial charge in [0.05, 0.1) is 6.42 Å². The predicted octanol–water partition coefficient (Wildman–Crippen LogP) is 3.44. The zero-order valence-corrected chi connectivity index (χ0v) is 12.0. The molecule has 0 spiro atoms. The number of fused-ring (bicyclic) bond motifs is 2. The molecule has 110 valence electrons. The van der Waals surface area contributed by atoms with E-state index in [2.05, 4.69) is 11.1 Å². The summed E-state index contributed by atoms with van der Waals surface area (Å²) in [4.78, 5) is 17.5. The molecule has 1 amide bonds. The molecule has 1 aromatic heterocycles. The van der Waals surface area contributed by atoms with Crippen LogP contribution in [0.4, 0.5) is 10.1 Å². The maximum Gasteiger partial charge on any atom is 0.231 e. The van der Waals surface area contributed by atoms with Gasteiger partial charge >= 0.3 is 0 Å². The molecule has 0 fully saturated rings. The van der Waals surface area contributed by atoms with E-state index in [9.17, 15) is 9.18 Å². The quantitative estimate of drug-likeness (QED) is 0.772. The number of halogens is 1. The van der Waals surface area contributed by atoms with Crippen LogP contribution < -0.4 is 4.90 Å². The molecule has 4 rings (SSSR count). The van der Waals surface area contributed by atoms with Crippen LogP contribution in [0.2, 0.25) is 0 Å². The number of benzene rings is 2. The van der Waals surface area contributed by atoms with Gasteiger partial charge in [0.15, 0.2) is 0 Å². The van der Waals surface area contributed by atoms with Crippen molar-refractivity contribution < 1.29 is 9.18 Å². The number of nitrogens with zero attached hydrogens (tertiary/aromatic N) is 1. The lowest BCUT2D eigenvalue weighted by Gasteiger charge is -2.17. The number of hydrogen-bond acceptors (Lipinski definition) is 1. The lowest BCUT2D eigenvalue weighted by molar-refractivity contribution is -0.117. The van der Waals surface area contributed by atoms with E-state index in [1.165, 1.54) is 17.7 Å². The van der Waals surface area contributed by atoms with Crippen molar-refractivity contribution in [3.05, 3.63) is 65.6 Å². The highest BCUT2D eigenvalue weighted by molar-refractivity contribution is 5.99. The van der Waals surface area contributed by atoms with E-state index in [0.717, 1.165) is 35.1 Å². The molecule has 22 heavy (non-hydrogen) atoms. The first-order chi connectivity index (χ1) is 10.7. The van der Waals surface area contributed by atoms with Crippen LogP contribution in [0.5, 0.6) is 0 Å². The number of rotatable bonds is 2. The van der Waals surface area contributed by atoms with Gasteiger partial charge in [-0.3, -0.25) is 4.79 Å². The van der Waals surface area contributed by atoms with Gasteiger partial charge in [-0.05, 0) is 41.8 Å². The van der Waals surface area contributed by atoms with Crippen molar-refractivity contribution >= 4 is 22.5 Å². The molecule has 1 aliphatic heterocycles. The summed E-state index contributed by atoms with van der Waals surface area (Å²) in [5.41, 5.74) is 3.87. The van der Waals surface area contributed by atoms with Crippen molar-refractivity contribution in [1.82, 2.24) is 4.98 Å². The van der Waals surface area contributed by atoms with Crippen LogP contribution in [0.1, 0.15) is 11.1 Å². The van der Waals surface area contributed by atoms with Crippen LogP contribution in [-0.4, -0.2) is 17.4 Å². The van der Waals surface area contributed by atoms with E-state index in [-0.39, 0.29) is 11.7 Å². The monoisotopic (exact) mass is 294 g/mol. The van der Waals surface area contributed by atoms with Crippen LogP contribution >= 0.6 is 0 Å². The summed E-state index contributed by atoms with van der Waals surface area (Å²) in [6.07, 6.45) is 3.02. The van der Waals surface area contributed by atoms with Crippen molar-refractivity contribution in [3.8, 4) is 0 Å². The van der Waals surface area contributed by atoms with Gasteiger partial charge in [-0.25, -0.2) is 4.39 Å². The van der Waals surface area contributed by atoms with E-state index in [0.29, 0.717) is 6.42 Å². The highest BCUT2D eigenvalue weighted by Gasteiger charge is 2.24. The molecule has 0 atom stereocenters. The van der Waals surface area contributed by atoms with Gasteiger partial charge in [0.1, 0.15) is 5.82 Å². The van der Waals surface area contributed by atoms with Crippen molar-refractivity contribution in [2.24, 2.45) is 0 Å². The second-order valence-corrected chi connectivity index (χ2v) is 5.60. The third-order valence-corrected chi connectivity index (χ3v) is 4.26. The minimum atomic E-state index is -0.277. The van der Waals surface area contributed by atoms with Crippen molar-refractivity contribution in [3.63, 3.8) is 0 Å². The molecule has 1 N–H and O–H groups in total. The third-order valence-electron chi connectivity index (χ3n) is 4.26. The summed E-state index contributed by atoms with van der Waals surface area (Å²) < 4.78 is 13.2. The average molecular weight is 294 g/mol. The van der Waals surface area contributed by atoms with Crippen LogP contribution in [0.3, 0.4) is 0 Å². The second kappa shape index (κ2) is 4.98. The zero-order valence-electron chi connectivity index (χ0n) is 12.0. The molecule has 3 aromatic rings. The van der Waals surface area contributed by atoms with Crippen LogP contribution in [0.15, 0.2) is 48.7 Å². The maximum absolute atomic E-state index is 13.2. The fraction of sp³-hybridized carbons (Fsp3) is 0.167. The average Bonchev–Trinajstić information content (AvgIpc) is 3.11. The first kappa shape index (κ1) is 13.1. The smallest absolute Gasteiger partial charge is 0.231 e. The Bertz CT molecular complexity index is 868. The number of amides is 1. The van der Waals surface area contributed by atoms with Crippen molar-refractivity contribution in [1.29, 1.82) is 0 Å². The van der Waals surface area contributed by atoms with Gasteiger partial charge in [0.2, 0.25) is 5.91 Å². The van der Waals surface area contributed by atoms with E-state index in [1.807, 2.05) is 23.1 Å². The molecule has 1 aliphatic rings. The standard InChI is InChI=1S/C18H15FN2O/c19-14-5-6-15-13(11-20-16(15)10-14)9-18(22)21-8-7-12-3-1-2-4-17(12)21/h1-6,10-11,20H,7-9H2. The summed E-state index contributed by atoms with van der Waals surface area (Å²) >= 11 is 0. The fourth-order valence-corrected chi connectivity index (χ4v) is 3.16. The molecule has 0 radical (unpaired) electrons. The Kier molecular flexibility index (Phi) is 2.96. The van der Waals surface area contributed by atoms with E-state index in [1.54, 1.807) is 12.3 Å². The van der Waals surface area contributed by atoms with Crippen LogP contribution in [-0.2, 0) is 17.6 Å². The largest absolute Gasteiger partial charge is 0.361 e. The summed E-state index contributed by atoms with van der Waals surface area (Å²) in [6.45, 7) is 0.731. The molecule has 4 heteroatoms. The van der Waals surface area contributed by atoms with Gasteiger partial charge in [-0.2, -0.15) is 0 Å². The summed E-state index contributed by atoms with van der Waals surface area (Å²) in [7, 11) is 0. The summed E-state index contributed by atoms with van der Waals surface area (Å²) in [6, 6.07) is 12.6. The summed E-state index contributed by atoms with van der Waals surface area (Å²) in [5, 5.41) is 0.905. The topological polar surface area (TPSA) is 36.1 Å². The first-order valence-corrected chi connectivity index (χ1v) is 7.36. The predicted molar refractivity (Wildman–Crippen MR) is 84.5 cm³/mol. The van der Waals surface area contributed by atoms with Crippen molar-refractivity contribution in [2.75, 3.05) is 11.4 Å². The number of hydrogen-bond donors (Lipinski definition) is 1. The molecule has 3 nitrogen and oxygen atoms in total. The molecule has 2 heterocycles. The molecular weight excluding hydrogens is 279 g/mol. The Morgan fingerprint density at radius 3 is 3.00 bits per heavy atom. The van der Waals surface area contributed by atoms with E-state index >= 15 is 0 Å². The minimum Gasteiger partial charge on any atom is -0.361 e. The molecule has 0 unspecified atom stereocenters. The zero-order chi connectivity index (χ0) is 15.1. The Labute approximate surface area is 127 Å². The molecule has 2 aromatic carbocycles. The van der Waals surface area contributed by atoms with Gasteiger partial charge in [0, 0.05) is 29.3 Å². The fourth-order valence-electron chi connectivity index (χ4n) is 3.16. The van der Waals surface area contributed by atoms with Crippen LogP contribution in [0.25, 0.3) is 10.9 Å². The molecule has 0 saturated carbocycles. The number of para-hydroxylation sites is 1. The number of anilines is 1. The third kappa shape index (κ3) is 2.08. The Morgan fingerprint density at radius 2 is 2.09 bits per heavy atom. The number of carbonyl (C=O) groups excluding carboxylic acids is 1. The molecule has 0 aliphatic carbocycles. The van der Waals surface area contributed by atoms with Gasteiger partial charge in [-0.1, -0.05) is 18.2 Å². The highest BCUT2D eigenvalue weighted by Crippen LogP contribution is 2.28. The number of aromatic nitrogens is 1. The minimum absolute atomic E-state index is 0.0789. The Morgan fingerprint density at radius 1 is 1.23 bits per heavy atom. The van der Waals surface area contributed by atoms with Crippen molar-refractivity contribution in [2.45, 2.75) is 12.8 Å². The lowest BCUT2D eigenvalue weighted by Crippen LogP contribution is -2.30. The Hall–Kier alpha value is -2.62. The van der Waals surface area contributed by atoms with E-state index in [4.69, 9.17) is 0 Å². The number of nitrogens with one attached hydrogen (secondary N) is 1. The number of aromatic amines is 1. The highest BCUT2D eigenvalue weighted by atomic mass is 19.1. The SMILES string of the molecule is O=C(Cc1c[nH]c2cc(F)ccc12)N1CCc2ccccc21. The number of carbonyl (C=O) groups is 1. The first-order valence-electron chi connectivity index (χ1n) is 7.36. The molecule has 0 bridgehead atoms. The maximum atomic E-state index is 13.2. The second-order valence-electron chi connectivity index (χ2n) is 5.60. The van der Waals surface area contributed by atoms with Gasteiger partial charge < -0.3 is 9.88 Å². The van der Waals surface area contributed by atoms with E-state index < -0.39 is 0 Å². The van der Waals surface area contributed by atoms with Crippen LogP contribution in [0, 0.1) is 5.82 Å². The Balaban J connectivity index is 1.62.